The minimum absolute atomic E-state index is 0.0892. The second kappa shape index (κ2) is 14.1. The third-order valence-corrected chi connectivity index (χ3v) is 8.35. The Bertz CT molecular complexity index is 1710. The first-order valence-electron chi connectivity index (χ1n) is 15.0. The lowest BCUT2D eigenvalue weighted by Gasteiger charge is -2.27. The number of amides is 1. The van der Waals surface area contributed by atoms with Gasteiger partial charge in [-0.1, -0.05) is 40.2 Å². The van der Waals surface area contributed by atoms with Crippen molar-refractivity contribution < 1.29 is 28.5 Å². The van der Waals surface area contributed by atoms with Crippen molar-refractivity contribution in [2.75, 3.05) is 37.5 Å². The van der Waals surface area contributed by atoms with Crippen molar-refractivity contribution in [3.63, 3.8) is 0 Å². The standard InChI is InChI=1S/C35H34BrN3O6/c1-42-35(41)25-10-12-30(31(17-25)37-20-28-13-15-43-28)38-33(40)19-24-8-7-23-18-32(24)44-14-3-4-22-16-27(36)11-9-26(22)21-45-34-6-2-5-29(23)39-34/h2,5-12,16-18,28,37H,3-4,13-15,19-21H2,1H3,(H,38,40). The number of aromatic nitrogens is 1. The van der Waals surface area contributed by atoms with E-state index in [2.05, 4.69) is 38.7 Å². The van der Waals surface area contributed by atoms with Crippen molar-refractivity contribution in [1.29, 1.82) is 0 Å². The molecule has 1 atom stereocenters. The van der Waals surface area contributed by atoms with Gasteiger partial charge < -0.3 is 29.6 Å². The summed E-state index contributed by atoms with van der Waals surface area (Å²) in [7, 11) is 1.34. The number of rotatable bonds is 7. The number of aryl methyl sites for hydroxylation is 1. The van der Waals surface area contributed by atoms with Crippen molar-refractivity contribution in [3.05, 3.63) is 99.5 Å². The molecule has 3 heterocycles. The number of hydrogen-bond acceptors (Lipinski definition) is 8. The molecule has 45 heavy (non-hydrogen) atoms. The molecule has 1 unspecified atom stereocenters. The number of halogens is 1. The van der Waals surface area contributed by atoms with Crippen LogP contribution in [0.5, 0.6) is 11.6 Å². The van der Waals surface area contributed by atoms with E-state index in [1.165, 1.54) is 12.7 Å². The minimum Gasteiger partial charge on any atom is -0.493 e. The smallest absolute Gasteiger partial charge is 0.337 e. The molecule has 2 aliphatic rings. The zero-order valence-electron chi connectivity index (χ0n) is 24.9. The van der Waals surface area contributed by atoms with Gasteiger partial charge in [0, 0.05) is 34.8 Å². The number of hydrogen-bond donors (Lipinski definition) is 2. The quantitative estimate of drug-likeness (QED) is 0.212. The second-order valence-corrected chi connectivity index (χ2v) is 11.9. The minimum atomic E-state index is -0.452. The molecule has 0 radical (unpaired) electrons. The normalized spacial score (nSPS) is 15.6. The van der Waals surface area contributed by atoms with Gasteiger partial charge in [-0.05, 0) is 72.9 Å². The monoisotopic (exact) mass is 671 g/mol. The van der Waals surface area contributed by atoms with E-state index in [-0.39, 0.29) is 18.4 Å². The highest BCUT2D eigenvalue weighted by atomic mass is 79.9. The van der Waals surface area contributed by atoms with Gasteiger partial charge in [-0.15, -0.1) is 0 Å². The van der Waals surface area contributed by atoms with Crippen molar-refractivity contribution >= 4 is 39.2 Å². The molecule has 4 bridgehead atoms. The predicted octanol–water partition coefficient (Wildman–Crippen LogP) is 6.58. The second-order valence-electron chi connectivity index (χ2n) is 11.0. The lowest BCUT2D eigenvalue weighted by molar-refractivity contribution is -0.115. The van der Waals surface area contributed by atoms with Gasteiger partial charge in [0.05, 0.1) is 48.9 Å². The summed E-state index contributed by atoms with van der Waals surface area (Å²) in [5.74, 6) is 0.495. The number of methoxy groups -OCH3 is 1. The molecule has 0 spiro atoms. The zero-order chi connectivity index (χ0) is 31.2. The van der Waals surface area contributed by atoms with E-state index >= 15 is 0 Å². The molecule has 2 aliphatic heterocycles. The van der Waals surface area contributed by atoms with Gasteiger partial charge in [0.1, 0.15) is 12.4 Å². The van der Waals surface area contributed by atoms with Crippen LogP contribution in [0.1, 0.15) is 39.9 Å². The third kappa shape index (κ3) is 7.64. The van der Waals surface area contributed by atoms with Crippen LogP contribution < -0.4 is 20.1 Å². The Hall–Kier alpha value is -4.41. The summed E-state index contributed by atoms with van der Waals surface area (Å²) >= 11 is 3.59. The number of carbonyl (C=O) groups excluding carboxylic acids is 2. The Labute approximate surface area is 270 Å². The maximum Gasteiger partial charge on any atom is 0.337 e. The highest BCUT2D eigenvalue weighted by molar-refractivity contribution is 9.10. The molecule has 0 aliphatic carbocycles. The number of nitrogens with one attached hydrogen (secondary N) is 2. The van der Waals surface area contributed by atoms with Crippen LogP contribution >= 0.6 is 15.9 Å². The van der Waals surface area contributed by atoms with Crippen LogP contribution in [0.3, 0.4) is 0 Å². The molecule has 232 valence electrons. The first kappa shape index (κ1) is 30.6. The molecule has 10 heteroatoms. The molecule has 1 fully saturated rings. The van der Waals surface area contributed by atoms with Gasteiger partial charge in [-0.3, -0.25) is 4.79 Å². The fraction of sp³-hybridized carbons (Fsp3) is 0.286. The molecule has 4 aromatic rings. The molecular weight excluding hydrogens is 638 g/mol. The van der Waals surface area contributed by atoms with Crippen molar-refractivity contribution in [3.8, 4) is 22.9 Å². The summed E-state index contributed by atoms with van der Waals surface area (Å²) < 4.78 is 23.8. The van der Waals surface area contributed by atoms with E-state index in [0.29, 0.717) is 48.3 Å². The van der Waals surface area contributed by atoms with E-state index in [1.807, 2.05) is 42.5 Å². The molecule has 1 saturated heterocycles. The van der Waals surface area contributed by atoms with Gasteiger partial charge in [0.25, 0.3) is 0 Å². The summed E-state index contributed by atoms with van der Waals surface area (Å²) in [6.45, 7) is 2.21. The molecule has 2 N–H and O–H groups in total. The van der Waals surface area contributed by atoms with Gasteiger partial charge in [0.15, 0.2) is 0 Å². The van der Waals surface area contributed by atoms with Gasteiger partial charge in [0.2, 0.25) is 11.8 Å². The van der Waals surface area contributed by atoms with Crippen LogP contribution in [0.2, 0.25) is 0 Å². The number of ether oxygens (including phenoxy) is 4. The van der Waals surface area contributed by atoms with Crippen LogP contribution in [-0.2, 0) is 33.7 Å². The summed E-state index contributed by atoms with van der Waals surface area (Å²) in [4.78, 5) is 30.3. The number of benzene rings is 3. The predicted molar refractivity (Wildman–Crippen MR) is 175 cm³/mol. The average Bonchev–Trinajstić information content (AvgIpc) is 3.02. The first-order valence-corrected chi connectivity index (χ1v) is 15.8. The molecule has 9 nitrogen and oxygen atoms in total. The number of fused-ring (bicyclic) bond motifs is 6. The Morgan fingerprint density at radius 3 is 2.69 bits per heavy atom. The first-order chi connectivity index (χ1) is 21.9. The number of esters is 1. The largest absolute Gasteiger partial charge is 0.493 e. The Morgan fingerprint density at radius 2 is 1.87 bits per heavy atom. The third-order valence-electron chi connectivity index (χ3n) is 7.86. The van der Waals surface area contributed by atoms with E-state index in [9.17, 15) is 9.59 Å². The van der Waals surface area contributed by atoms with E-state index in [0.717, 1.165) is 52.7 Å². The van der Waals surface area contributed by atoms with Gasteiger partial charge >= 0.3 is 5.97 Å². The molecule has 3 aromatic carbocycles. The Kier molecular flexibility index (Phi) is 9.61. The summed E-state index contributed by atoms with van der Waals surface area (Å²) in [5.41, 5.74) is 6.22. The zero-order valence-corrected chi connectivity index (χ0v) is 26.5. The number of anilines is 2. The number of pyridine rings is 1. The van der Waals surface area contributed by atoms with Crippen LogP contribution in [0.25, 0.3) is 11.3 Å². The van der Waals surface area contributed by atoms with Crippen LogP contribution in [0.4, 0.5) is 11.4 Å². The molecule has 1 aromatic heterocycles. The Morgan fingerprint density at radius 1 is 0.978 bits per heavy atom. The van der Waals surface area contributed by atoms with Crippen molar-refractivity contribution in [2.24, 2.45) is 0 Å². The molecular formula is C35H34BrN3O6. The summed E-state index contributed by atoms with van der Waals surface area (Å²) in [6, 6.07) is 22.7. The highest BCUT2D eigenvalue weighted by Gasteiger charge is 2.20. The molecule has 1 amide bonds. The lowest BCUT2D eigenvalue weighted by Crippen LogP contribution is -2.33. The summed E-state index contributed by atoms with van der Waals surface area (Å²) in [5, 5.41) is 6.32. The van der Waals surface area contributed by atoms with E-state index in [4.69, 9.17) is 23.9 Å². The van der Waals surface area contributed by atoms with Crippen LogP contribution in [0.15, 0.2) is 77.3 Å². The number of nitrogens with zero attached hydrogens (tertiary/aromatic N) is 1. The molecule has 0 saturated carbocycles. The lowest BCUT2D eigenvalue weighted by atomic mass is 10.0. The van der Waals surface area contributed by atoms with Crippen LogP contribution in [0, 0.1) is 0 Å². The van der Waals surface area contributed by atoms with Crippen molar-refractivity contribution in [2.45, 2.75) is 38.4 Å². The summed E-state index contributed by atoms with van der Waals surface area (Å²) in [6.07, 6.45) is 2.74. The maximum atomic E-state index is 13.4. The topological polar surface area (TPSA) is 108 Å². The maximum absolute atomic E-state index is 13.4. The molecule has 6 rings (SSSR count). The van der Waals surface area contributed by atoms with E-state index < -0.39 is 5.97 Å². The van der Waals surface area contributed by atoms with Gasteiger partial charge in [-0.2, -0.15) is 0 Å². The van der Waals surface area contributed by atoms with Crippen LogP contribution in [-0.4, -0.2) is 49.8 Å². The number of carbonyl (C=O) groups is 2. The van der Waals surface area contributed by atoms with E-state index in [1.54, 1.807) is 18.2 Å². The SMILES string of the molecule is COC(=O)c1ccc(NC(=O)Cc2ccc3cc2OCCCc2cc(Br)ccc2COc2cccc-3n2)c(NCC2CCO2)c1. The average molecular weight is 673 g/mol. The Balaban J connectivity index is 1.23. The highest BCUT2D eigenvalue weighted by Crippen LogP contribution is 2.31. The van der Waals surface area contributed by atoms with Gasteiger partial charge in [-0.25, -0.2) is 9.78 Å². The van der Waals surface area contributed by atoms with Crippen molar-refractivity contribution in [1.82, 2.24) is 4.98 Å². The fourth-order valence-corrected chi connectivity index (χ4v) is 5.70. The fourth-order valence-electron chi connectivity index (χ4n) is 5.30.